The molecule has 1 aliphatic carbocycles. The molecule has 0 spiro atoms. The molecule has 5 heterocycles. The lowest BCUT2D eigenvalue weighted by Gasteiger charge is -2.38. The highest BCUT2D eigenvalue weighted by molar-refractivity contribution is 5.96. The molecule has 0 radical (unpaired) electrons. The topological polar surface area (TPSA) is 125 Å². The van der Waals surface area contributed by atoms with Crippen LogP contribution in [0.25, 0.3) is 5.95 Å². The minimum Gasteiger partial charge on any atom is -0.479 e. The Balaban J connectivity index is 1.14. The summed E-state index contributed by atoms with van der Waals surface area (Å²) in [5.41, 5.74) is 7.74. The van der Waals surface area contributed by atoms with Gasteiger partial charge in [-0.1, -0.05) is 13.8 Å². The average Bonchev–Trinajstić information content (AvgIpc) is 3.27. The van der Waals surface area contributed by atoms with E-state index in [1.807, 2.05) is 24.8 Å². The van der Waals surface area contributed by atoms with E-state index in [4.69, 9.17) is 20.2 Å². The molecule has 40 heavy (non-hydrogen) atoms. The van der Waals surface area contributed by atoms with Crippen molar-refractivity contribution in [2.24, 2.45) is 23.0 Å². The number of piperidine rings is 2. The molecule has 1 saturated carbocycles. The fraction of sp³-hybridized carbons (Fsp3) is 0.552. The number of rotatable bonds is 7. The molecule has 2 saturated heterocycles. The van der Waals surface area contributed by atoms with E-state index in [9.17, 15) is 4.79 Å². The first-order valence-electron chi connectivity index (χ1n) is 14.0. The first-order chi connectivity index (χ1) is 19.0. The average molecular weight is 547 g/mol. The van der Waals surface area contributed by atoms with Gasteiger partial charge in [0.15, 0.2) is 0 Å². The van der Waals surface area contributed by atoms with E-state index >= 15 is 0 Å². The molecule has 6 rings (SSSR count). The van der Waals surface area contributed by atoms with Crippen molar-refractivity contribution in [3.05, 3.63) is 47.9 Å². The molecule has 11 nitrogen and oxygen atoms in total. The predicted molar refractivity (Wildman–Crippen MR) is 150 cm³/mol. The fourth-order valence-corrected chi connectivity index (χ4v) is 5.72. The van der Waals surface area contributed by atoms with Crippen molar-refractivity contribution in [3.8, 4) is 17.7 Å². The third-order valence-electron chi connectivity index (χ3n) is 8.49. The van der Waals surface area contributed by atoms with Crippen molar-refractivity contribution >= 4 is 11.7 Å². The molecule has 2 N–H and O–H groups in total. The maximum Gasteiger partial charge on any atom is 0.261 e. The minimum absolute atomic E-state index is 0.0307. The summed E-state index contributed by atoms with van der Waals surface area (Å²) in [6, 6.07) is 5.80. The lowest BCUT2D eigenvalue weighted by atomic mass is 9.82. The summed E-state index contributed by atoms with van der Waals surface area (Å²) >= 11 is 0. The molecular formula is C29H38N8O3. The van der Waals surface area contributed by atoms with Crippen LogP contribution in [-0.2, 0) is 5.54 Å². The van der Waals surface area contributed by atoms with Gasteiger partial charge in [-0.3, -0.25) is 4.79 Å². The second-order valence-electron chi connectivity index (χ2n) is 12.6. The summed E-state index contributed by atoms with van der Waals surface area (Å²) in [7, 11) is 1.50. The van der Waals surface area contributed by atoms with Gasteiger partial charge in [-0.2, -0.15) is 4.98 Å². The van der Waals surface area contributed by atoms with Crippen molar-refractivity contribution in [1.82, 2.24) is 29.6 Å². The highest BCUT2D eigenvalue weighted by atomic mass is 16.5. The first-order valence-corrected chi connectivity index (χ1v) is 14.0. The maximum absolute atomic E-state index is 13.4. The zero-order valence-electron chi connectivity index (χ0n) is 23.9. The van der Waals surface area contributed by atoms with Gasteiger partial charge in [0.25, 0.3) is 11.9 Å². The summed E-state index contributed by atoms with van der Waals surface area (Å²) in [5, 5.41) is 4.35. The summed E-state index contributed by atoms with van der Waals surface area (Å²) in [6.07, 6.45) is 7.16. The zero-order chi connectivity index (χ0) is 28.2. The fourth-order valence-electron chi connectivity index (χ4n) is 5.72. The quantitative estimate of drug-likeness (QED) is 0.476. The third kappa shape index (κ3) is 5.10. The van der Waals surface area contributed by atoms with Crippen LogP contribution < -0.4 is 20.1 Å². The second kappa shape index (κ2) is 9.72. The van der Waals surface area contributed by atoms with Crippen LogP contribution in [0.5, 0.6) is 11.8 Å². The number of hydrogen-bond acceptors (Lipinski definition) is 9. The van der Waals surface area contributed by atoms with Crippen molar-refractivity contribution in [2.45, 2.75) is 52.2 Å². The van der Waals surface area contributed by atoms with Crippen molar-refractivity contribution in [3.63, 3.8) is 0 Å². The number of anilines is 1. The first kappa shape index (κ1) is 26.5. The molecule has 0 bridgehead atoms. The highest BCUT2D eigenvalue weighted by Gasteiger charge is 2.59. The van der Waals surface area contributed by atoms with Crippen LogP contribution in [0, 0.1) is 17.3 Å². The van der Waals surface area contributed by atoms with Gasteiger partial charge in [0, 0.05) is 62.0 Å². The van der Waals surface area contributed by atoms with Gasteiger partial charge in [-0.05, 0) is 49.8 Å². The number of pyridine rings is 1. The van der Waals surface area contributed by atoms with Crippen molar-refractivity contribution in [1.29, 1.82) is 0 Å². The largest absolute Gasteiger partial charge is 0.479 e. The van der Waals surface area contributed by atoms with E-state index in [2.05, 4.69) is 39.9 Å². The zero-order valence-corrected chi connectivity index (χ0v) is 23.9. The number of methoxy groups -OCH3 is 1. The van der Waals surface area contributed by atoms with Crippen LogP contribution in [0.2, 0.25) is 0 Å². The predicted octanol–water partition coefficient (Wildman–Crippen LogP) is 3.04. The number of fused-ring (bicyclic) bond motifs is 1. The lowest BCUT2D eigenvalue weighted by molar-refractivity contribution is 0.0748. The number of ether oxygens (including phenoxy) is 2. The minimum atomic E-state index is -0.512. The van der Waals surface area contributed by atoms with Crippen LogP contribution in [0.4, 0.5) is 5.82 Å². The van der Waals surface area contributed by atoms with Gasteiger partial charge in [0.05, 0.1) is 13.3 Å². The number of carbonyl (C=O) groups is 1. The monoisotopic (exact) mass is 546 g/mol. The van der Waals surface area contributed by atoms with Crippen molar-refractivity contribution < 1.29 is 14.3 Å². The van der Waals surface area contributed by atoms with Gasteiger partial charge in [0.1, 0.15) is 17.5 Å². The Hall–Kier alpha value is -3.73. The molecule has 1 unspecified atom stereocenters. The summed E-state index contributed by atoms with van der Waals surface area (Å²) in [5.74, 6) is 2.57. The number of amides is 1. The number of nitrogens with zero attached hydrogens (tertiary/aromatic N) is 7. The van der Waals surface area contributed by atoms with Crippen LogP contribution >= 0.6 is 0 Å². The Kier molecular flexibility index (Phi) is 6.44. The lowest BCUT2D eigenvalue weighted by Crippen LogP contribution is -2.38. The van der Waals surface area contributed by atoms with Gasteiger partial charge < -0.3 is 25.0 Å². The molecule has 3 aromatic rings. The number of nitrogens with two attached hydrogens (primary N) is 1. The standard InChI is InChI=1S/C29H38N8O3/c1-28(2)7-11-35(12-8-28)22-13-18(29(3,4)30)14-23(33-22)40-24-19-15-36(16-20(19)24)26(38)21-17-37(34-25(21)39-5)27-31-9-6-10-32-27/h6,9-10,13-14,17,19-20,24H,7-8,11-12,15-16,30H2,1-5H3/t19-,20+,24?. The Bertz CT molecular complexity index is 1380. The van der Waals surface area contributed by atoms with E-state index < -0.39 is 5.54 Å². The van der Waals surface area contributed by atoms with E-state index in [0.29, 0.717) is 35.9 Å². The van der Waals surface area contributed by atoms with E-state index in [1.165, 1.54) is 11.8 Å². The smallest absolute Gasteiger partial charge is 0.261 e. The molecule has 3 aromatic heterocycles. The van der Waals surface area contributed by atoms with Gasteiger partial charge in [0.2, 0.25) is 11.8 Å². The molecule has 3 aliphatic rings. The molecule has 2 aliphatic heterocycles. The van der Waals surface area contributed by atoms with Crippen LogP contribution in [0.1, 0.15) is 56.5 Å². The summed E-state index contributed by atoms with van der Waals surface area (Å²) in [4.78, 5) is 30.9. The Labute approximate surface area is 234 Å². The molecule has 0 aromatic carbocycles. The number of hydrogen-bond donors (Lipinski definition) is 1. The number of carbonyl (C=O) groups excluding carboxylic acids is 1. The number of aromatic nitrogens is 5. The molecule has 212 valence electrons. The van der Waals surface area contributed by atoms with Crippen LogP contribution in [0.3, 0.4) is 0 Å². The van der Waals surface area contributed by atoms with E-state index in [1.54, 1.807) is 24.7 Å². The Morgan fingerprint density at radius 1 is 1.10 bits per heavy atom. The normalized spacial score (nSPS) is 23.6. The molecule has 3 fully saturated rings. The molecule has 11 heteroatoms. The summed E-state index contributed by atoms with van der Waals surface area (Å²) < 4.78 is 13.3. The number of likely N-dealkylation sites (tertiary alicyclic amines) is 1. The molecular weight excluding hydrogens is 508 g/mol. The van der Waals surface area contributed by atoms with E-state index in [-0.39, 0.29) is 29.7 Å². The van der Waals surface area contributed by atoms with E-state index in [0.717, 1.165) is 37.3 Å². The maximum atomic E-state index is 13.4. The third-order valence-corrected chi connectivity index (χ3v) is 8.49. The van der Waals surface area contributed by atoms with Gasteiger partial charge in [-0.25, -0.2) is 14.6 Å². The Morgan fingerprint density at radius 3 is 2.40 bits per heavy atom. The van der Waals surface area contributed by atoms with Crippen molar-refractivity contribution in [2.75, 3.05) is 38.2 Å². The second-order valence-corrected chi connectivity index (χ2v) is 12.6. The molecule has 3 atom stereocenters. The highest BCUT2D eigenvalue weighted by Crippen LogP contribution is 2.48. The van der Waals surface area contributed by atoms with Gasteiger partial charge in [-0.15, -0.1) is 5.10 Å². The van der Waals surface area contributed by atoms with Crippen LogP contribution in [-0.4, -0.2) is 74.9 Å². The summed E-state index contributed by atoms with van der Waals surface area (Å²) in [6.45, 7) is 11.8. The molecule has 1 amide bonds. The van der Waals surface area contributed by atoms with Gasteiger partial charge >= 0.3 is 0 Å². The van der Waals surface area contributed by atoms with Crippen LogP contribution in [0.15, 0.2) is 36.8 Å². The SMILES string of the molecule is COc1nn(-c2ncccn2)cc1C(=O)N1C[C@@H]2C(Oc3cc(C(C)(C)N)cc(N4CCC(C)(C)CC4)n3)[C@@H]2C1. The Morgan fingerprint density at radius 2 is 1.77 bits per heavy atom.